The molecule has 0 saturated heterocycles. The maximum atomic E-state index is 12.7. The summed E-state index contributed by atoms with van der Waals surface area (Å²) in [5, 5.41) is 6.40. The molecule has 0 amide bonds. The maximum absolute atomic E-state index is 12.7. The van der Waals surface area contributed by atoms with E-state index in [0.29, 0.717) is 6.54 Å². The average Bonchev–Trinajstić information content (AvgIpc) is 3.16. The Kier molecular flexibility index (Phi) is 9.48. The number of benzene rings is 2. The molecule has 0 fully saturated rings. The predicted octanol–water partition coefficient (Wildman–Crippen LogP) is 4.45. The standard InChI is InChI=1S/C23H26N4O2S.2ClH/c1-17(14-24-11-4-5-20-16-26-23-7-3-2-6-22(20)23)27-30(28,29)21-9-8-19-15-25-12-10-18(19)13-21;;/h2-3,6-10,12-13,15-17,24,26-27H,4-5,11,14H2,1H3;2*1H/t17-;;/m1../s1. The van der Waals surface area contributed by atoms with Crippen molar-refractivity contribution in [1.29, 1.82) is 0 Å². The van der Waals surface area contributed by atoms with E-state index in [2.05, 4.69) is 44.4 Å². The number of halogens is 2. The lowest BCUT2D eigenvalue weighted by atomic mass is 10.1. The van der Waals surface area contributed by atoms with Gasteiger partial charge in [-0.2, -0.15) is 0 Å². The van der Waals surface area contributed by atoms with Crippen LogP contribution in [-0.2, 0) is 16.4 Å². The van der Waals surface area contributed by atoms with E-state index in [1.165, 1.54) is 10.9 Å². The van der Waals surface area contributed by atoms with Crippen LogP contribution in [0.3, 0.4) is 0 Å². The molecule has 0 aliphatic rings. The van der Waals surface area contributed by atoms with Crippen molar-refractivity contribution in [3.8, 4) is 0 Å². The number of pyridine rings is 1. The Labute approximate surface area is 201 Å². The molecule has 1 atom stereocenters. The van der Waals surface area contributed by atoms with Gasteiger partial charge in [0.05, 0.1) is 4.90 Å². The van der Waals surface area contributed by atoms with Gasteiger partial charge in [0.1, 0.15) is 0 Å². The fourth-order valence-corrected chi connectivity index (χ4v) is 4.94. The molecule has 6 nitrogen and oxygen atoms in total. The Hall–Kier alpha value is -2.16. The fraction of sp³-hybridized carbons (Fsp3) is 0.261. The molecule has 4 aromatic rings. The highest BCUT2D eigenvalue weighted by Gasteiger charge is 2.17. The number of aromatic amines is 1. The Balaban J connectivity index is 0.00000181. The number of H-pyrrole nitrogens is 1. The van der Waals surface area contributed by atoms with Gasteiger partial charge in [-0.25, -0.2) is 13.1 Å². The van der Waals surface area contributed by atoms with Crippen molar-refractivity contribution in [3.05, 3.63) is 72.7 Å². The third-order valence-corrected chi connectivity index (χ3v) is 6.79. The largest absolute Gasteiger partial charge is 0.361 e. The summed E-state index contributed by atoms with van der Waals surface area (Å²) in [6.07, 6.45) is 7.42. The van der Waals surface area contributed by atoms with Gasteiger partial charge in [0.15, 0.2) is 0 Å². The summed E-state index contributed by atoms with van der Waals surface area (Å²) in [6, 6.07) is 15.0. The maximum Gasteiger partial charge on any atom is 0.240 e. The zero-order chi connectivity index (χ0) is 21.0. The summed E-state index contributed by atoms with van der Waals surface area (Å²) in [5.41, 5.74) is 2.47. The van der Waals surface area contributed by atoms with Crippen LogP contribution in [0.4, 0.5) is 0 Å². The summed E-state index contributed by atoms with van der Waals surface area (Å²) in [6.45, 7) is 3.27. The highest BCUT2D eigenvalue weighted by molar-refractivity contribution is 7.89. The van der Waals surface area contributed by atoms with E-state index < -0.39 is 10.0 Å². The van der Waals surface area contributed by atoms with Crippen molar-refractivity contribution in [2.45, 2.75) is 30.7 Å². The number of hydrogen-bond donors (Lipinski definition) is 3. The van der Waals surface area contributed by atoms with Gasteiger partial charge in [-0.3, -0.25) is 4.98 Å². The minimum Gasteiger partial charge on any atom is -0.361 e. The van der Waals surface area contributed by atoms with Crippen molar-refractivity contribution < 1.29 is 8.42 Å². The van der Waals surface area contributed by atoms with Crippen LogP contribution >= 0.6 is 24.8 Å². The predicted molar refractivity (Wildman–Crippen MR) is 136 cm³/mol. The molecular formula is C23H28Cl2N4O2S. The lowest BCUT2D eigenvalue weighted by molar-refractivity contribution is 0.532. The molecule has 0 spiro atoms. The summed E-state index contributed by atoms with van der Waals surface area (Å²) in [7, 11) is -3.57. The van der Waals surface area contributed by atoms with E-state index in [1.54, 1.807) is 30.6 Å². The van der Waals surface area contributed by atoms with Gasteiger partial charge in [-0.15, -0.1) is 24.8 Å². The van der Waals surface area contributed by atoms with Crippen LogP contribution in [0.5, 0.6) is 0 Å². The van der Waals surface area contributed by atoms with Crippen LogP contribution in [0.25, 0.3) is 21.7 Å². The number of rotatable bonds is 9. The number of sulfonamides is 1. The zero-order valence-corrected chi connectivity index (χ0v) is 20.2. The quantitative estimate of drug-likeness (QED) is 0.300. The first-order valence-electron chi connectivity index (χ1n) is 10.1. The molecule has 0 aliphatic carbocycles. The van der Waals surface area contributed by atoms with Crippen molar-refractivity contribution in [1.82, 2.24) is 20.0 Å². The average molecular weight is 495 g/mol. The minimum atomic E-state index is -3.57. The molecule has 0 aliphatic heterocycles. The summed E-state index contributed by atoms with van der Waals surface area (Å²) >= 11 is 0. The molecule has 172 valence electrons. The molecule has 9 heteroatoms. The first kappa shape index (κ1) is 26.1. The molecular weight excluding hydrogens is 467 g/mol. The normalized spacial score (nSPS) is 12.3. The molecule has 32 heavy (non-hydrogen) atoms. The van der Waals surface area contributed by atoms with E-state index in [9.17, 15) is 8.42 Å². The van der Waals surface area contributed by atoms with Gasteiger partial charge in [0, 0.05) is 47.5 Å². The van der Waals surface area contributed by atoms with Crippen LogP contribution in [0, 0.1) is 0 Å². The molecule has 3 N–H and O–H groups in total. The molecule has 2 aromatic carbocycles. The van der Waals surface area contributed by atoms with Gasteiger partial charge in [0.25, 0.3) is 0 Å². The van der Waals surface area contributed by atoms with Crippen LogP contribution in [0.1, 0.15) is 18.9 Å². The number of nitrogens with zero attached hydrogens (tertiary/aromatic N) is 1. The second-order valence-corrected chi connectivity index (χ2v) is 9.29. The van der Waals surface area contributed by atoms with Gasteiger partial charge in [-0.1, -0.05) is 24.3 Å². The van der Waals surface area contributed by atoms with Gasteiger partial charge >= 0.3 is 0 Å². The molecule has 0 radical (unpaired) electrons. The van der Waals surface area contributed by atoms with Crippen LogP contribution in [0.15, 0.2) is 72.0 Å². The van der Waals surface area contributed by atoms with Gasteiger partial charge < -0.3 is 10.3 Å². The number of nitrogens with one attached hydrogen (secondary N) is 3. The molecule has 0 bridgehead atoms. The smallest absolute Gasteiger partial charge is 0.240 e. The molecule has 0 saturated carbocycles. The fourth-order valence-electron chi connectivity index (χ4n) is 3.66. The van der Waals surface area contributed by atoms with Crippen molar-refractivity contribution in [2.24, 2.45) is 0 Å². The van der Waals surface area contributed by atoms with Crippen molar-refractivity contribution in [2.75, 3.05) is 13.1 Å². The second kappa shape index (κ2) is 11.6. The first-order valence-corrected chi connectivity index (χ1v) is 11.6. The summed E-state index contributed by atoms with van der Waals surface area (Å²) in [5.74, 6) is 0. The topological polar surface area (TPSA) is 86.9 Å². The molecule has 4 rings (SSSR count). The van der Waals surface area contributed by atoms with Crippen LogP contribution in [0.2, 0.25) is 0 Å². The molecule has 2 heterocycles. The van der Waals surface area contributed by atoms with Crippen molar-refractivity contribution >= 4 is 56.5 Å². The Morgan fingerprint density at radius 3 is 2.72 bits per heavy atom. The Bertz CT molecular complexity index is 1260. The van der Waals surface area contributed by atoms with Crippen molar-refractivity contribution in [3.63, 3.8) is 0 Å². The van der Waals surface area contributed by atoms with Crippen LogP contribution in [-0.4, -0.2) is 37.5 Å². The molecule has 2 aromatic heterocycles. The number of aryl methyl sites for hydroxylation is 1. The lowest BCUT2D eigenvalue weighted by Crippen LogP contribution is -2.40. The Morgan fingerprint density at radius 1 is 1.06 bits per heavy atom. The van der Waals surface area contributed by atoms with Gasteiger partial charge in [-0.05, 0) is 61.5 Å². The van der Waals surface area contributed by atoms with E-state index in [-0.39, 0.29) is 35.8 Å². The number of hydrogen-bond acceptors (Lipinski definition) is 4. The highest BCUT2D eigenvalue weighted by atomic mass is 35.5. The number of fused-ring (bicyclic) bond motifs is 2. The SMILES string of the molecule is C[C@H](CNCCCc1c[nH]c2ccccc12)NS(=O)(=O)c1ccc2cnccc2c1.Cl.Cl. The van der Waals surface area contributed by atoms with E-state index in [4.69, 9.17) is 0 Å². The number of para-hydroxylation sites is 1. The lowest BCUT2D eigenvalue weighted by Gasteiger charge is -2.15. The highest BCUT2D eigenvalue weighted by Crippen LogP contribution is 2.19. The van der Waals surface area contributed by atoms with E-state index in [1.807, 2.05) is 19.1 Å². The third-order valence-electron chi connectivity index (χ3n) is 5.20. The first-order chi connectivity index (χ1) is 14.5. The van der Waals surface area contributed by atoms with Gasteiger partial charge in [0.2, 0.25) is 10.0 Å². The molecule has 0 unspecified atom stereocenters. The monoisotopic (exact) mass is 494 g/mol. The summed E-state index contributed by atoms with van der Waals surface area (Å²) in [4.78, 5) is 7.63. The third kappa shape index (κ3) is 6.21. The summed E-state index contributed by atoms with van der Waals surface area (Å²) < 4.78 is 28.1. The minimum absolute atomic E-state index is 0. The second-order valence-electron chi connectivity index (χ2n) is 7.57. The van der Waals surface area contributed by atoms with Crippen LogP contribution < -0.4 is 10.0 Å². The number of aromatic nitrogens is 2. The zero-order valence-electron chi connectivity index (χ0n) is 17.7. The van der Waals surface area contributed by atoms with E-state index >= 15 is 0 Å². The van der Waals surface area contributed by atoms with E-state index in [0.717, 1.165) is 35.7 Å². The Morgan fingerprint density at radius 2 is 1.88 bits per heavy atom.